The van der Waals surface area contributed by atoms with Crippen LogP contribution in [0.3, 0.4) is 0 Å². The van der Waals surface area contributed by atoms with Crippen molar-refractivity contribution in [3.8, 4) is 11.6 Å². The highest BCUT2D eigenvalue weighted by atomic mass is 16.5. The Bertz CT molecular complexity index is 691. The lowest BCUT2D eigenvalue weighted by atomic mass is 9.98. The molecule has 8 heteroatoms. The van der Waals surface area contributed by atoms with Crippen molar-refractivity contribution < 1.29 is 9.15 Å². The van der Waals surface area contributed by atoms with E-state index >= 15 is 0 Å². The topological polar surface area (TPSA) is 100 Å². The molecular weight excluding hydrogens is 356 g/mol. The first-order valence-corrected chi connectivity index (χ1v) is 10.4. The maximum Gasteiger partial charge on any atom is 0.216 e. The van der Waals surface area contributed by atoms with E-state index in [1.807, 2.05) is 12.1 Å². The number of ether oxygens (including phenoxy) is 1. The maximum atomic E-state index is 5.96. The molecule has 0 saturated heterocycles. The maximum absolute atomic E-state index is 5.96. The summed E-state index contributed by atoms with van der Waals surface area (Å²) in [6.45, 7) is 5.16. The van der Waals surface area contributed by atoms with Crippen LogP contribution in [-0.4, -0.2) is 53.5 Å². The van der Waals surface area contributed by atoms with Gasteiger partial charge in [-0.2, -0.15) is 5.10 Å². The highest BCUT2D eigenvalue weighted by molar-refractivity contribution is 5.79. The highest BCUT2D eigenvalue weighted by Gasteiger charge is 2.13. The minimum absolute atomic E-state index is 0.470. The molecular formula is C20H32N6O2. The predicted molar refractivity (Wildman–Crippen MR) is 109 cm³/mol. The van der Waals surface area contributed by atoms with E-state index in [0.29, 0.717) is 17.7 Å². The number of nitrogens with one attached hydrogen (secondary N) is 3. The molecule has 0 atom stereocenters. The van der Waals surface area contributed by atoms with Gasteiger partial charge in [-0.15, -0.1) is 0 Å². The molecule has 0 aliphatic heterocycles. The quantitative estimate of drug-likeness (QED) is 0.329. The van der Waals surface area contributed by atoms with Gasteiger partial charge in [0.25, 0.3) is 0 Å². The first-order chi connectivity index (χ1) is 13.8. The SMILES string of the molecule is CCNC(=NCCCOC1CCCCC1)NCCc1nc(-c2ccco2)n[nH]1. The zero-order chi connectivity index (χ0) is 19.4. The number of rotatable bonds is 10. The molecule has 8 nitrogen and oxygen atoms in total. The monoisotopic (exact) mass is 388 g/mol. The van der Waals surface area contributed by atoms with Gasteiger partial charge in [-0.05, 0) is 38.3 Å². The normalized spacial score (nSPS) is 15.7. The number of aliphatic imine (C=N–C) groups is 1. The lowest BCUT2D eigenvalue weighted by molar-refractivity contribution is 0.0281. The summed E-state index contributed by atoms with van der Waals surface area (Å²) in [5, 5.41) is 13.8. The van der Waals surface area contributed by atoms with E-state index in [4.69, 9.17) is 9.15 Å². The fraction of sp³-hybridized carbons (Fsp3) is 0.650. The molecule has 154 valence electrons. The Morgan fingerprint density at radius 1 is 1.32 bits per heavy atom. The van der Waals surface area contributed by atoms with Gasteiger partial charge >= 0.3 is 0 Å². The molecule has 28 heavy (non-hydrogen) atoms. The lowest BCUT2D eigenvalue weighted by Crippen LogP contribution is -2.38. The molecule has 1 saturated carbocycles. The Labute approximate surface area is 166 Å². The third kappa shape index (κ3) is 6.67. The summed E-state index contributed by atoms with van der Waals surface area (Å²) in [5.41, 5.74) is 0. The Balaban J connectivity index is 1.34. The Hall–Kier alpha value is -2.35. The van der Waals surface area contributed by atoms with Crippen LogP contribution >= 0.6 is 0 Å². The molecule has 0 radical (unpaired) electrons. The van der Waals surface area contributed by atoms with Gasteiger partial charge in [-0.1, -0.05) is 19.3 Å². The summed E-state index contributed by atoms with van der Waals surface area (Å²) < 4.78 is 11.3. The van der Waals surface area contributed by atoms with Crippen LogP contribution in [0.1, 0.15) is 51.3 Å². The molecule has 0 bridgehead atoms. The molecule has 1 aliphatic carbocycles. The molecule has 3 N–H and O–H groups in total. The van der Waals surface area contributed by atoms with Crippen LogP contribution in [0.15, 0.2) is 27.8 Å². The summed E-state index contributed by atoms with van der Waals surface area (Å²) >= 11 is 0. The summed E-state index contributed by atoms with van der Waals surface area (Å²) in [5.74, 6) is 2.89. The third-order valence-corrected chi connectivity index (χ3v) is 4.75. The van der Waals surface area contributed by atoms with Crippen LogP contribution in [0, 0.1) is 0 Å². The fourth-order valence-corrected chi connectivity index (χ4v) is 3.30. The van der Waals surface area contributed by atoms with Crippen LogP contribution in [-0.2, 0) is 11.2 Å². The minimum Gasteiger partial charge on any atom is -0.461 e. The molecule has 3 rings (SSSR count). The van der Waals surface area contributed by atoms with E-state index in [0.717, 1.165) is 50.9 Å². The van der Waals surface area contributed by atoms with Crippen molar-refractivity contribution in [1.82, 2.24) is 25.8 Å². The van der Waals surface area contributed by atoms with Crippen molar-refractivity contribution in [2.45, 2.75) is 58.0 Å². The van der Waals surface area contributed by atoms with Gasteiger partial charge in [0.1, 0.15) is 5.82 Å². The Morgan fingerprint density at radius 2 is 2.21 bits per heavy atom. The second-order valence-electron chi connectivity index (χ2n) is 7.00. The van der Waals surface area contributed by atoms with Crippen molar-refractivity contribution >= 4 is 5.96 Å². The second kappa shape index (κ2) is 11.5. The molecule has 0 unspecified atom stereocenters. The van der Waals surface area contributed by atoms with Crippen molar-refractivity contribution in [3.63, 3.8) is 0 Å². The van der Waals surface area contributed by atoms with Crippen LogP contribution < -0.4 is 10.6 Å². The van der Waals surface area contributed by atoms with Crippen molar-refractivity contribution in [1.29, 1.82) is 0 Å². The van der Waals surface area contributed by atoms with Crippen molar-refractivity contribution in [2.24, 2.45) is 4.99 Å². The van der Waals surface area contributed by atoms with Crippen molar-refractivity contribution in [2.75, 3.05) is 26.2 Å². The van der Waals surface area contributed by atoms with Gasteiger partial charge in [-0.3, -0.25) is 10.1 Å². The number of nitrogens with zero attached hydrogens (tertiary/aromatic N) is 3. The summed E-state index contributed by atoms with van der Waals surface area (Å²) in [7, 11) is 0. The average Bonchev–Trinajstić information content (AvgIpc) is 3.40. The second-order valence-corrected chi connectivity index (χ2v) is 7.00. The molecule has 0 amide bonds. The summed E-state index contributed by atoms with van der Waals surface area (Å²) in [6.07, 6.45) is 10.2. The largest absolute Gasteiger partial charge is 0.461 e. The van der Waals surface area contributed by atoms with Gasteiger partial charge in [0.05, 0.1) is 12.4 Å². The van der Waals surface area contributed by atoms with E-state index in [-0.39, 0.29) is 0 Å². The summed E-state index contributed by atoms with van der Waals surface area (Å²) in [6, 6.07) is 3.67. The standard InChI is InChI=1S/C20H32N6O2/c1-2-21-20(22-12-7-15-27-16-8-4-3-5-9-16)23-13-11-18-24-19(26-25-18)17-10-6-14-28-17/h6,10,14,16H,2-5,7-9,11-13,15H2,1H3,(H2,21,22,23)(H,24,25,26). The predicted octanol–water partition coefficient (Wildman–Crippen LogP) is 2.90. The Morgan fingerprint density at radius 3 is 3.00 bits per heavy atom. The molecule has 2 aromatic rings. The molecule has 2 heterocycles. The van der Waals surface area contributed by atoms with Crippen LogP contribution in [0.25, 0.3) is 11.6 Å². The number of hydrogen-bond donors (Lipinski definition) is 3. The number of aromatic amines is 1. The fourth-order valence-electron chi connectivity index (χ4n) is 3.30. The van der Waals surface area contributed by atoms with Gasteiger partial charge < -0.3 is 19.8 Å². The molecule has 1 aliphatic rings. The van der Waals surface area contributed by atoms with E-state index < -0.39 is 0 Å². The first-order valence-electron chi connectivity index (χ1n) is 10.4. The van der Waals surface area contributed by atoms with Crippen LogP contribution in [0.2, 0.25) is 0 Å². The zero-order valence-corrected chi connectivity index (χ0v) is 16.7. The lowest BCUT2D eigenvalue weighted by Gasteiger charge is -2.21. The van der Waals surface area contributed by atoms with E-state index in [1.54, 1.807) is 6.26 Å². The number of aromatic nitrogens is 3. The molecule has 1 fully saturated rings. The number of hydrogen-bond acceptors (Lipinski definition) is 5. The highest BCUT2D eigenvalue weighted by Crippen LogP contribution is 2.20. The van der Waals surface area contributed by atoms with Crippen LogP contribution in [0.5, 0.6) is 0 Å². The minimum atomic E-state index is 0.470. The molecule has 2 aromatic heterocycles. The molecule has 0 aromatic carbocycles. The average molecular weight is 389 g/mol. The number of furan rings is 1. The van der Waals surface area contributed by atoms with Gasteiger partial charge in [0.15, 0.2) is 11.7 Å². The van der Waals surface area contributed by atoms with E-state index in [2.05, 4.69) is 37.7 Å². The Kier molecular flexibility index (Phi) is 8.36. The van der Waals surface area contributed by atoms with E-state index in [1.165, 1.54) is 32.1 Å². The number of guanidine groups is 1. The van der Waals surface area contributed by atoms with E-state index in [9.17, 15) is 0 Å². The smallest absolute Gasteiger partial charge is 0.216 e. The van der Waals surface area contributed by atoms with Crippen molar-refractivity contribution in [3.05, 3.63) is 24.2 Å². The van der Waals surface area contributed by atoms with Gasteiger partial charge in [0, 0.05) is 32.7 Å². The number of H-pyrrole nitrogens is 1. The zero-order valence-electron chi connectivity index (χ0n) is 16.7. The molecule has 0 spiro atoms. The van der Waals surface area contributed by atoms with Gasteiger partial charge in [-0.25, -0.2) is 4.98 Å². The summed E-state index contributed by atoms with van der Waals surface area (Å²) in [4.78, 5) is 9.08. The third-order valence-electron chi connectivity index (χ3n) is 4.75. The van der Waals surface area contributed by atoms with Crippen LogP contribution in [0.4, 0.5) is 0 Å². The first kappa shape index (κ1) is 20.4. The van der Waals surface area contributed by atoms with Gasteiger partial charge in [0.2, 0.25) is 5.82 Å².